The number of amides is 1. The minimum absolute atomic E-state index is 0.124. The van der Waals surface area contributed by atoms with Crippen LogP contribution in [0.2, 0.25) is 0 Å². The fraction of sp³-hybridized carbons (Fsp3) is 0.375. The van der Waals surface area contributed by atoms with Gasteiger partial charge in [0.05, 0.1) is 10.6 Å². The first-order chi connectivity index (χ1) is 14.3. The van der Waals surface area contributed by atoms with Crippen molar-refractivity contribution < 1.29 is 13.2 Å². The Morgan fingerprint density at radius 2 is 1.77 bits per heavy atom. The number of sulfone groups is 1. The third-order valence-corrected chi connectivity index (χ3v) is 7.03. The Morgan fingerprint density at radius 3 is 2.43 bits per heavy atom. The average Bonchev–Trinajstić information content (AvgIpc) is 2.74. The molecule has 0 aliphatic carbocycles. The zero-order valence-electron chi connectivity index (χ0n) is 17.7. The predicted molar refractivity (Wildman–Crippen MR) is 120 cm³/mol. The molecule has 30 heavy (non-hydrogen) atoms. The van der Waals surface area contributed by atoms with Crippen LogP contribution in [0, 0.1) is 0 Å². The van der Waals surface area contributed by atoms with Crippen LogP contribution in [-0.2, 0) is 15.6 Å². The molecule has 160 valence electrons. The molecule has 0 aromatic heterocycles. The highest BCUT2D eigenvalue weighted by Gasteiger charge is 2.21. The lowest BCUT2D eigenvalue weighted by molar-refractivity contribution is 0.0914. The van der Waals surface area contributed by atoms with Gasteiger partial charge in [0, 0.05) is 31.2 Å². The van der Waals surface area contributed by atoms with Crippen molar-refractivity contribution in [3.8, 4) is 0 Å². The second-order valence-corrected chi connectivity index (χ2v) is 10.1. The van der Waals surface area contributed by atoms with Crippen molar-refractivity contribution in [3.63, 3.8) is 0 Å². The van der Waals surface area contributed by atoms with E-state index in [9.17, 15) is 13.2 Å². The molecule has 3 rings (SSSR count). The number of allylic oxidation sites excluding steroid dienone is 1. The van der Waals surface area contributed by atoms with Crippen molar-refractivity contribution in [3.05, 3.63) is 77.4 Å². The average molecular weight is 427 g/mol. The molecule has 0 radical (unpaired) electrons. The number of nitrogens with one attached hydrogen (secondary N) is 1. The molecule has 1 heterocycles. The van der Waals surface area contributed by atoms with Crippen LogP contribution < -0.4 is 5.32 Å². The number of likely N-dealkylation sites (tertiary alicyclic amines) is 1. The second kappa shape index (κ2) is 10.0. The van der Waals surface area contributed by atoms with Crippen molar-refractivity contribution in [1.29, 1.82) is 0 Å². The summed E-state index contributed by atoms with van der Waals surface area (Å²) in [5, 5.41) is 3.11. The van der Waals surface area contributed by atoms with E-state index >= 15 is 0 Å². The van der Waals surface area contributed by atoms with E-state index in [1.165, 1.54) is 5.57 Å². The summed E-state index contributed by atoms with van der Waals surface area (Å²) in [6.07, 6.45) is 4.07. The number of hydrogen-bond acceptors (Lipinski definition) is 4. The Bertz CT molecular complexity index is 988. The molecule has 0 bridgehead atoms. The molecule has 0 unspecified atom stereocenters. The number of piperidine rings is 1. The molecule has 1 aliphatic heterocycles. The van der Waals surface area contributed by atoms with E-state index in [4.69, 9.17) is 0 Å². The highest BCUT2D eigenvalue weighted by Crippen LogP contribution is 2.18. The maximum Gasteiger partial charge on any atom is 0.251 e. The summed E-state index contributed by atoms with van der Waals surface area (Å²) >= 11 is 0. The lowest BCUT2D eigenvalue weighted by atomic mass is 10.0. The zero-order valence-corrected chi connectivity index (χ0v) is 18.5. The number of nitrogens with zero attached hydrogens (tertiary/aromatic N) is 1. The van der Waals surface area contributed by atoms with Crippen LogP contribution in [0.1, 0.15) is 42.6 Å². The van der Waals surface area contributed by atoms with Crippen molar-refractivity contribution >= 4 is 15.7 Å². The Labute approximate surface area is 179 Å². The molecule has 1 N–H and O–H groups in total. The van der Waals surface area contributed by atoms with E-state index in [-0.39, 0.29) is 17.7 Å². The van der Waals surface area contributed by atoms with Crippen LogP contribution in [0.15, 0.2) is 71.1 Å². The first-order valence-electron chi connectivity index (χ1n) is 10.4. The van der Waals surface area contributed by atoms with Gasteiger partial charge in [0.25, 0.3) is 5.91 Å². The van der Waals surface area contributed by atoms with Crippen molar-refractivity contribution in [2.75, 3.05) is 19.6 Å². The molecule has 2 aromatic rings. The van der Waals surface area contributed by atoms with E-state index < -0.39 is 9.84 Å². The molecule has 0 atom stereocenters. The summed E-state index contributed by atoms with van der Waals surface area (Å²) in [7, 11) is -3.44. The van der Waals surface area contributed by atoms with E-state index in [1.807, 2.05) is 0 Å². The Kier molecular flexibility index (Phi) is 7.45. The molecule has 5 nitrogen and oxygen atoms in total. The van der Waals surface area contributed by atoms with Crippen LogP contribution in [0.3, 0.4) is 0 Å². The van der Waals surface area contributed by atoms with Gasteiger partial charge in [-0.2, -0.15) is 0 Å². The number of carbonyl (C=O) groups excluding carboxylic acids is 1. The van der Waals surface area contributed by atoms with Crippen molar-refractivity contribution in [1.82, 2.24) is 10.2 Å². The van der Waals surface area contributed by atoms with Crippen LogP contribution in [0.4, 0.5) is 0 Å². The summed E-state index contributed by atoms with van der Waals surface area (Å²) in [5.74, 6) is -0.266. The van der Waals surface area contributed by atoms with E-state index in [2.05, 4.69) is 30.1 Å². The monoisotopic (exact) mass is 426 g/mol. The van der Waals surface area contributed by atoms with Gasteiger partial charge >= 0.3 is 0 Å². The van der Waals surface area contributed by atoms with Gasteiger partial charge in [-0.15, -0.1) is 0 Å². The molecular formula is C24H30N2O3S. The van der Waals surface area contributed by atoms with Gasteiger partial charge in [-0.05, 0) is 56.5 Å². The van der Waals surface area contributed by atoms with Gasteiger partial charge in [0.1, 0.15) is 0 Å². The minimum Gasteiger partial charge on any atom is -0.349 e. The van der Waals surface area contributed by atoms with Crippen LogP contribution in [0.5, 0.6) is 0 Å². The summed E-state index contributed by atoms with van der Waals surface area (Å²) in [6.45, 7) is 7.09. The third kappa shape index (κ3) is 6.28. The lowest BCUT2D eigenvalue weighted by Crippen LogP contribution is -2.44. The summed E-state index contributed by atoms with van der Waals surface area (Å²) < 4.78 is 25.2. The topological polar surface area (TPSA) is 66.5 Å². The molecule has 6 heteroatoms. The first-order valence-corrected chi connectivity index (χ1v) is 12.0. The van der Waals surface area contributed by atoms with Crippen LogP contribution >= 0.6 is 0 Å². The highest BCUT2D eigenvalue weighted by atomic mass is 32.2. The fourth-order valence-corrected chi connectivity index (χ4v) is 4.93. The number of rotatable bonds is 7. The fourth-order valence-electron chi connectivity index (χ4n) is 3.57. The van der Waals surface area contributed by atoms with Crippen LogP contribution in [-0.4, -0.2) is 44.9 Å². The molecule has 0 spiro atoms. The van der Waals surface area contributed by atoms with E-state index in [0.29, 0.717) is 16.0 Å². The predicted octanol–water partition coefficient (Wildman–Crippen LogP) is 3.82. The number of hydrogen-bond donors (Lipinski definition) is 1. The molecule has 0 saturated carbocycles. The Morgan fingerprint density at radius 1 is 1.07 bits per heavy atom. The standard InChI is InChI=1S/C24H30N2O3S/c1-19(2)11-14-26-15-12-22(13-16-26)25-24(27)21-8-6-7-20(17-21)18-30(28,29)23-9-4-3-5-10-23/h3-11,17,22H,12-16,18H2,1-2H3,(H,25,27). The van der Waals surface area contributed by atoms with Crippen LogP contribution in [0.25, 0.3) is 0 Å². The smallest absolute Gasteiger partial charge is 0.251 e. The summed E-state index contributed by atoms with van der Waals surface area (Å²) in [5.41, 5.74) is 2.44. The van der Waals surface area contributed by atoms with Gasteiger partial charge in [-0.25, -0.2) is 8.42 Å². The third-order valence-electron chi connectivity index (χ3n) is 5.33. The molecule has 1 saturated heterocycles. The summed E-state index contributed by atoms with van der Waals surface area (Å²) in [6, 6.07) is 15.5. The normalized spacial score (nSPS) is 15.5. The number of carbonyl (C=O) groups is 1. The van der Waals surface area contributed by atoms with E-state index in [1.54, 1.807) is 54.6 Å². The zero-order chi connectivity index (χ0) is 21.6. The molecule has 1 amide bonds. The van der Waals surface area contributed by atoms with Gasteiger partial charge in [-0.3, -0.25) is 9.69 Å². The quantitative estimate of drug-likeness (QED) is 0.684. The van der Waals surface area contributed by atoms with Crippen molar-refractivity contribution in [2.45, 2.75) is 43.4 Å². The largest absolute Gasteiger partial charge is 0.349 e. The van der Waals surface area contributed by atoms with Crippen molar-refractivity contribution in [2.24, 2.45) is 0 Å². The maximum atomic E-state index is 12.7. The Hall–Kier alpha value is -2.44. The SMILES string of the molecule is CC(C)=CCN1CCC(NC(=O)c2cccc(CS(=O)(=O)c3ccccc3)c2)CC1. The van der Waals surface area contributed by atoms with Gasteiger partial charge in [-0.1, -0.05) is 42.0 Å². The maximum absolute atomic E-state index is 12.7. The minimum atomic E-state index is -3.44. The second-order valence-electron chi connectivity index (χ2n) is 8.10. The number of benzene rings is 2. The molecular weight excluding hydrogens is 396 g/mol. The van der Waals surface area contributed by atoms with E-state index in [0.717, 1.165) is 32.5 Å². The van der Waals surface area contributed by atoms with Gasteiger partial charge in [0.2, 0.25) is 0 Å². The van der Waals surface area contributed by atoms with Gasteiger partial charge < -0.3 is 5.32 Å². The first kappa shape index (κ1) is 22.2. The molecule has 1 fully saturated rings. The molecule has 1 aliphatic rings. The lowest BCUT2D eigenvalue weighted by Gasteiger charge is -2.31. The highest BCUT2D eigenvalue weighted by molar-refractivity contribution is 7.90. The summed E-state index contributed by atoms with van der Waals surface area (Å²) in [4.78, 5) is 15.4. The van der Waals surface area contributed by atoms with Gasteiger partial charge in [0.15, 0.2) is 9.84 Å². The molecule has 2 aromatic carbocycles. The Balaban J connectivity index is 1.58.